The normalized spacial score (nSPS) is 10.5. The summed E-state index contributed by atoms with van der Waals surface area (Å²) in [5.41, 5.74) is 0.308. The van der Waals surface area contributed by atoms with Crippen LogP contribution in [0.4, 0.5) is 0 Å². The van der Waals surface area contributed by atoms with Crippen LogP contribution in [0.1, 0.15) is 20.7 Å². The molecular formula is C20H14O6. The molecule has 0 aliphatic carbocycles. The molecule has 0 atom stereocenters. The van der Waals surface area contributed by atoms with Gasteiger partial charge in [-0.2, -0.15) is 0 Å². The zero-order valence-electron chi connectivity index (χ0n) is 13.4. The van der Waals surface area contributed by atoms with Crippen LogP contribution in [-0.2, 0) is 0 Å². The first-order chi connectivity index (χ1) is 12.4. The van der Waals surface area contributed by atoms with Gasteiger partial charge in [-0.15, -0.1) is 0 Å². The fourth-order valence-electron chi connectivity index (χ4n) is 2.92. The number of phenols is 2. The Morgan fingerprint density at radius 3 is 1.92 bits per heavy atom. The maximum absolute atomic E-state index is 11.7. The molecule has 0 aliphatic rings. The van der Waals surface area contributed by atoms with E-state index in [1.54, 1.807) is 30.3 Å². The predicted octanol–water partition coefficient (Wildman–Crippen LogP) is 3.83. The summed E-state index contributed by atoms with van der Waals surface area (Å²) in [6.07, 6.45) is 0. The van der Waals surface area contributed by atoms with E-state index in [4.69, 9.17) is 0 Å². The molecule has 0 amide bonds. The van der Waals surface area contributed by atoms with Crippen LogP contribution in [0, 0.1) is 0 Å². The largest absolute Gasteiger partial charge is 0.507 e. The number of aromatic carboxylic acids is 2. The lowest BCUT2D eigenvalue weighted by molar-refractivity contribution is 0.0685. The number of hydrogen-bond acceptors (Lipinski definition) is 4. The van der Waals surface area contributed by atoms with Gasteiger partial charge < -0.3 is 20.4 Å². The van der Waals surface area contributed by atoms with Crippen molar-refractivity contribution in [3.63, 3.8) is 0 Å². The van der Waals surface area contributed by atoms with Crippen molar-refractivity contribution < 1.29 is 30.0 Å². The lowest BCUT2D eigenvalue weighted by Gasteiger charge is -2.17. The molecule has 3 aromatic rings. The van der Waals surface area contributed by atoms with Gasteiger partial charge in [0.1, 0.15) is 17.1 Å². The van der Waals surface area contributed by atoms with Crippen LogP contribution < -0.4 is 0 Å². The van der Waals surface area contributed by atoms with Crippen LogP contribution in [0.5, 0.6) is 11.5 Å². The Hall–Kier alpha value is -3.80. The zero-order valence-corrected chi connectivity index (χ0v) is 13.4. The van der Waals surface area contributed by atoms with Crippen LogP contribution >= 0.6 is 0 Å². The van der Waals surface area contributed by atoms with E-state index in [1.807, 2.05) is 0 Å². The molecule has 0 spiro atoms. The number of hydrogen-bond donors (Lipinski definition) is 4. The van der Waals surface area contributed by atoms with E-state index in [-0.39, 0.29) is 28.0 Å². The Bertz CT molecular complexity index is 1010. The number of rotatable bonds is 4. The molecule has 130 valence electrons. The van der Waals surface area contributed by atoms with Gasteiger partial charge in [-0.1, -0.05) is 42.5 Å². The van der Waals surface area contributed by atoms with Crippen LogP contribution in [0.25, 0.3) is 22.3 Å². The van der Waals surface area contributed by atoms with Gasteiger partial charge in [0.15, 0.2) is 0 Å². The van der Waals surface area contributed by atoms with Gasteiger partial charge in [0.2, 0.25) is 0 Å². The van der Waals surface area contributed by atoms with Crippen LogP contribution in [0.15, 0.2) is 60.7 Å². The Morgan fingerprint density at radius 1 is 0.654 bits per heavy atom. The van der Waals surface area contributed by atoms with Crippen molar-refractivity contribution in [2.75, 3.05) is 0 Å². The number of aromatic hydroxyl groups is 2. The van der Waals surface area contributed by atoms with Gasteiger partial charge in [-0.3, -0.25) is 0 Å². The standard InChI is InChI=1S/C20H14O6/c21-14-9-10-15(22)18(20(25)26)17(14)12-7-4-8-13(19(23)24)16(12)11-5-2-1-3-6-11/h1-10,21-22H,(H,23,24)(H,25,26). The Labute approximate surface area is 148 Å². The maximum atomic E-state index is 11.7. The summed E-state index contributed by atoms with van der Waals surface area (Å²) in [6, 6.07) is 15.2. The first kappa shape index (κ1) is 17.0. The molecule has 0 aromatic heterocycles. The predicted molar refractivity (Wildman–Crippen MR) is 94.6 cm³/mol. The highest BCUT2D eigenvalue weighted by atomic mass is 16.4. The summed E-state index contributed by atoms with van der Waals surface area (Å²) in [6.45, 7) is 0. The van der Waals surface area contributed by atoms with Crippen molar-refractivity contribution in [2.45, 2.75) is 0 Å². The number of carboxylic acids is 2. The van der Waals surface area contributed by atoms with Crippen molar-refractivity contribution in [3.8, 4) is 33.8 Å². The summed E-state index contributed by atoms with van der Waals surface area (Å²) in [5, 5.41) is 39.3. The summed E-state index contributed by atoms with van der Waals surface area (Å²) in [7, 11) is 0. The Kier molecular flexibility index (Phi) is 4.33. The molecule has 3 aromatic carbocycles. The van der Waals surface area contributed by atoms with Gasteiger partial charge in [0.25, 0.3) is 0 Å². The highest BCUT2D eigenvalue weighted by molar-refractivity contribution is 6.07. The molecular weight excluding hydrogens is 336 g/mol. The minimum Gasteiger partial charge on any atom is -0.507 e. The monoisotopic (exact) mass is 350 g/mol. The van der Waals surface area contributed by atoms with E-state index >= 15 is 0 Å². The second-order valence-electron chi connectivity index (χ2n) is 5.56. The van der Waals surface area contributed by atoms with E-state index in [0.29, 0.717) is 5.56 Å². The SMILES string of the molecule is O=C(O)c1cccc(-c2c(O)ccc(O)c2C(=O)O)c1-c1ccccc1. The quantitative estimate of drug-likeness (QED) is 0.532. The van der Waals surface area contributed by atoms with E-state index in [0.717, 1.165) is 6.07 Å². The maximum Gasteiger partial charge on any atom is 0.340 e. The van der Waals surface area contributed by atoms with Crippen molar-refractivity contribution >= 4 is 11.9 Å². The lowest BCUT2D eigenvalue weighted by atomic mass is 9.87. The summed E-state index contributed by atoms with van der Waals surface area (Å²) < 4.78 is 0. The second-order valence-corrected chi connectivity index (χ2v) is 5.56. The van der Waals surface area contributed by atoms with Gasteiger partial charge in [0.05, 0.1) is 5.56 Å². The molecule has 0 bridgehead atoms. The number of phenolic OH excluding ortho intramolecular Hbond substituents is 1. The number of carbonyl (C=O) groups is 2. The van der Waals surface area contributed by atoms with Crippen LogP contribution in [0.2, 0.25) is 0 Å². The van der Waals surface area contributed by atoms with Gasteiger partial charge in [0, 0.05) is 11.1 Å². The van der Waals surface area contributed by atoms with Crippen LogP contribution in [0.3, 0.4) is 0 Å². The summed E-state index contributed by atoms with van der Waals surface area (Å²) in [4.78, 5) is 23.4. The molecule has 0 unspecified atom stereocenters. The topological polar surface area (TPSA) is 115 Å². The van der Waals surface area contributed by atoms with Crippen molar-refractivity contribution in [1.29, 1.82) is 0 Å². The zero-order chi connectivity index (χ0) is 18.8. The van der Waals surface area contributed by atoms with Gasteiger partial charge in [-0.25, -0.2) is 9.59 Å². The minimum absolute atomic E-state index is 0.0484. The smallest absolute Gasteiger partial charge is 0.340 e. The fraction of sp³-hybridized carbons (Fsp3) is 0. The van der Waals surface area contributed by atoms with E-state index in [1.165, 1.54) is 24.3 Å². The van der Waals surface area contributed by atoms with Crippen molar-refractivity contribution in [2.24, 2.45) is 0 Å². The number of benzene rings is 3. The Balaban J connectivity index is 2.46. The molecule has 0 saturated carbocycles. The van der Waals surface area contributed by atoms with Gasteiger partial charge in [-0.05, 0) is 29.3 Å². The van der Waals surface area contributed by atoms with Crippen molar-refractivity contribution in [3.05, 3.63) is 71.8 Å². The first-order valence-corrected chi connectivity index (χ1v) is 7.62. The molecule has 3 rings (SSSR count). The molecule has 0 heterocycles. The van der Waals surface area contributed by atoms with Crippen molar-refractivity contribution in [1.82, 2.24) is 0 Å². The lowest BCUT2D eigenvalue weighted by Crippen LogP contribution is -2.05. The van der Waals surface area contributed by atoms with E-state index < -0.39 is 23.3 Å². The average molecular weight is 350 g/mol. The van der Waals surface area contributed by atoms with E-state index in [9.17, 15) is 30.0 Å². The van der Waals surface area contributed by atoms with Gasteiger partial charge >= 0.3 is 11.9 Å². The molecule has 6 nitrogen and oxygen atoms in total. The summed E-state index contributed by atoms with van der Waals surface area (Å²) >= 11 is 0. The molecule has 0 radical (unpaired) electrons. The number of carboxylic acid groups (broad SMARTS) is 2. The first-order valence-electron chi connectivity index (χ1n) is 7.62. The van der Waals surface area contributed by atoms with E-state index in [2.05, 4.69) is 0 Å². The highest BCUT2D eigenvalue weighted by Gasteiger charge is 2.25. The second kappa shape index (κ2) is 6.60. The molecule has 6 heteroatoms. The third kappa shape index (κ3) is 2.84. The third-order valence-electron chi connectivity index (χ3n) is 4.00. The fourth-order valence-corrected chi connectivity index (χ4v) is 2.92. The average Bonchev–Trinajstić information content (AvgIpc) is 2.63. The molecule has 0 fully saturated rings. The molecule has 0 saturated heterocycles. The molecule has 26 heavy (non-hydrogen) atoms. The highest BCUT2D eigenvalue weighted by Crippen LogP contribution is 2.43. The minimum atomic E-state index is -1.44. The third-order valence-corrected chi connectivity index (χ3v) is 4.00. The molecule has 4 N–H and O–H groups in total. The summed E-state index contributed by atoms with van der Waals surface area (Å²) in [5.74, 6) is -3.53. The van der Waals surface area contributed by atoms with Crippen LogP contribution in [-0.4, -0.2) is 32.4 Å². The molecule has 0 aliphatic heterocycles. The Morgan fingerprint density at radius 2 is 1.31 bits per heavy atom.